The molecule has 11 nitrogen and oxygen atoms in total. The van der Waals surface area contributed by atoms with Gasteiger partial charge in [-0.25, -0.2) is 23.7 Å². The molecule has 5 rings (SSSR count). The van der Waals surface area contributed by atoms with Gasteiger partial charge in [0.2, 0.25) is 5.95 Å². The molecule has 1 aliphatic rings. The first kappa shape index (κ1) is 19.8. The number of nitrogens with zero attached hydrogens (tertiary/aromatic N) is 7. The average Bonchev–Trinajstić information content (AvgIpc) is 3.42. The number of hydrogen-bond acceptors (Lipinski definition) is 8. The maximum Gasteiger partial charge on any atom is 0.328 e. The van der Waals surface area contributed by atoms with Gasteiger partial charge in [-0.3, -0.25) is 4.68 Å². The highest BCUT2D eigenvalue weighted by Crippen LogP contribution is 2.26. The minimum atomic E-state index is -1.02. The second-order valence-electron chi connectivity index (χ2n) is 7.53. The molecular formula is C20H21FN10O. The zero-order valence-electron chi connectivity index (χ0n) is 17.4. The summed E-state index contributed by atoms with van der Waals surface area (Å²) in [6.45, 7) is 0. The molecule has 32 heavy (non-hydrogen) atoms. The minimum absolute atomic E-state index is 0.273. The van der Waals surface area contributed by atoms with E-state index in [-0.39, 0.29) is 5.95 Å². The molecule has 3 aromatic heterocycles. The van der Waals surface area contributed by atoms with Crippen LogP contribution in [0, 0.1) is 0 Å². The monoisotopic (exact) mass is 436 g/mol. The molecule has 1 fully saturated rings. The Kier molecular flexibility index (Phi) is 4.88. The van der Waals surface area contributed by atoms with Crippen molar-refractivity contribution in [3.8, 4) is 11.4 Å². The summed E-state index contributed by atoms with van der Waals surface area (Å²) in [5.74, 6) is 1.33. The van der Waals surface area contributed by atoms with Gasteiger partial charge in [-0.2, -0.15) is 15.1 Å². The fourth-order valence-electron chi connectivity index (χ4n) is 3.47. The zero-order valence-corrected chi connectivity index (χ0v) is 17.4. The number of rotatable bonds is 5. The number of fused-ring (bicyclic) bond motifs is 1. The minimum Gasteiger partial charge on any atom is -0.371 e. The number of carbonyl (C=O) groups is 1. The average molecular weight is 436 g/mol. The number of hydrogen-bond donors (Lipinski definition) is 3. The number of halogens is 1. The summed E-state index contributed by atoms with van der Waals surface area (Å²) in [7, 11) is 3.51. The van der Waals surface area contributed by atoms with Crippen molar-refractivity contribution >= 4 is 34.6 Å². The number of alkyl halides is 1. The molecule has 0 bridgehead atoms. The van der Waals surface area contributed by atoms with Crippen LogP contribution in [0.1, 0.15) is 12.8 Å². The number of aromatic nitrogens is 7. The third kappa shape index (κ3) is 3.59. The lowest BCUT2D eigenvalue weighted by atomic mass is 9.91. The third-order valence-electron chi connectivity index (χ3n) is 5.33. The van der Waals surface area contributed by atoms with Crippen molar-refractivity contribution in [2.75, 3.05) is 17.7 Å². The summed E-state index contributed by atoms with van der Waals surface area (Å²) in [5.41, 5.74) is 2.30. The van der Waals surface area contributed by atoms with Gasteiger partial charge in [-0.1, -0.05) is 12.1 Å². The lowest BCUT2D eigenvalue weighted by Gasteiger charge is -2.30. The van der Waals surface area contributed by atoms with Crippen molar-refractivity contribution in [2.24, 2.45) is 7.05 Å². The molecule has 1 amide bonds. The van der Waals surface area contributed by atoms with Crippen LogP contribution < -0.4 is 16.0 Å². The predicted octanol–water partition coefficient (Wildman–Crippen LogP) is 2.47. The highest BCUT2D eigenvalue weighted by Gasteiger charge is 2.32. The van der Waals surface area contributed by atoms with E-state index in [2.05, 4.69) is 41.0 Å². The second-order valence-corrected chi connectivity index (χ2v) is 7.53. The first-order chi connectivity index (χ1) is 15.5. The van der Waals surface area contributed by atoms with E-state index >= 15 is 0 Å². The normalized spacial score (nSPS) is 17.7. The van der Waals surface area contributed by atoms with Crippen molar-refractivity contribution < 1.29 is 9.18 Å². The van der Waals surface area contributed by atoms with Crippen molar-refractivity contribution in [3.05, 3.63) is 36.9 Å². The maximum absolute atomic E-state index is 13.6. The number of carbonyl (C=O) groups excluding carboxylic acids is 1. The SMILES string of the molecule is CNc1nc(Nc2cccc(-c3ncn(C)n3)c2)nc2c1ncn2C(=O)N[C@@H]1CC[C@H]1F. The number of nitrogens with one attached hydrogen (secondary N) is 3. The van der Waals surface area contributed by atoms with Gasteiger partial charge in [-0.05, 0) is 25.0 Å². The van der Waals surface area contributed by atoms with Gasteiger partial charge in [0.15, 0.2) is 22.8 Å². The van der Waals surface area contributed by atoms with Gasteiger partial charge >= 0.3 is 6.03 Å². The molecule has 164 valence electrons. The Labute approximate surface area is 182 Å². The summed E-state index contributed by atoms with van der Waals surface area (Å²) in [6.07, 6.45) is 3.05. The molecule has 0 radical (unpaired) electrons. The van der Waals surface area contributed by atoms with Gasteiger partial charge < -0.3 is 16.0 Å². The standard InChI is InChI=1S/C20H21FN10O/c1-22-17-15-18(31(10-23-15)20(32)26-14-7-6-13(14)21)28-19(27-17)25-12-5-3-4-11(8-12)16-24-9-30(2)29-16/h3-5,8-10,13-14H,6-7H2,1-2H3,(H,26,32)(H2,22,25,27,28)/t13-,14-/m1/s1. The third-order valence-corrected chi connectivity index (χ3v) is 5.33. The molecule has 0 unspecified atom stereocenters. The van der Waals surface area contributed by atoms with Gasteiger partial charge in [0.25, 0.3) is 0 Å². The smallest absolute Gasteiger partial charge is 0.328 e. The Balaban J connectivity index is 1.46. The van der Waals surface area contributed by atoms with Crippen LogP contribution in [0.5, 0.6) is 0 Å². The first-order valence-corrected chi connectivity index (χ1v) is 10.1. The highest BCUT2D eigenvalue weighted by atomic mass is 19.1. The molecule has 0 aliphatic heterocycles. The topological polar surface area (TPSA) is 127 Å². The zero-order chi connectivity index (χ0) is 22.2. The fraction of sp³-hybridized carbons (Fsp3) is 0.300. The van der Waals surface area contributed by atoms with E-state index in [0.717, 1.165) is 11.3 Å². The molecule has 0 saturated heterocycles. The molecule has 3 heterocycles. The Morgan fingerprint density at radius 3 is 2.75 bits per heavy atom. The Morgan fingerprint density at radius 1 is 1.19 bits per heavy atom. The van der Waals surface area contributed by atoms with Crippen LogP contribution in [-0.2, 0) is 7.05 Å². The Morgan fingerprint density at radius 2 is 2.06 bits per heavy atom. The second kappa shape index (κ2) is 7.87. The van der Waals surface area contributed by atoms with E-state index in [4.69, 9.17) is 0 Å². The van der Waals surface area contributed by atoms with E-state index in [0.29, 0.717) is 35.6 Å². The predicted molar refractivity (Wildman–Crippen MR) is 116 cm³/mol. The van der Waals surface area contributed by atoms with Crippen molar-refractivity contribution in [1.82, 2.24) is 39.6 Å². The number of anilines is 3. The Bertz CT molecular complexity index is 1300. The first-order valence-electron chi connectivity index (χ1n) is 10.1. The molecule has 1 aromatic carbocycles. The number of imidazole rings is 1. The lowest BCUT2D eigenvalue weighted by molar-refractivity contribution is 0.145. The van der Waals surface area contributed by atoms with Crippen LogP contribution in [0.2, 0.25) is 0 Å². The molecule has 2 atom stereocenters. The number of aryl methyl sites for hydroxylation is 1. The molecule has 12 heteroatoms. The van der Waals surface area contributed by atoms with E-state index in [9.17, 15) is 9.18 Å². The van der Waals surface area contributed by atoms with Crippen LogP contribution in [-0.4, -0.2) is 59.6 Å². The molecule has 1 saturated carbocycles. The summed E-state index contributed by atoms with van der Waals surface area (Å²) in [6, 6.07) is 6.56. The molecule has 4 aromatic rings. The van der Waals surface area contributed by atoms with Crippen LogP contribution in [0.15, 0.2) is 36.9 Å². The van der Waals surface area contributed by atoms with Crippen molar-refractivity contribution in [1.29, 1.82) is 0 Å². The lowest BCUT2D eigenvalue weighted by Crippen LogP contribution is -2.49. The number of benzene rings is 1. The molecule has 0 spiro atoms. The van der Waals surface area contributed by atoms with Crippen LogP contribution >= 0.6 is 0 Å². The van der Waals surface area contributed by atoms with E-state index in [1.807, 2.05) is 24.3 Å². The number of amides is 1. The Hall–Kier alpha value is -4.09. The molecular weight excluding hydrogens is 415 g/mol. The molecule has 1 aliphatic carbocycles. The van der Waals surface area contributed by atoms with Crippen LogP contribution in [0.25, 0.3) is 22.6 Å². The summed E-state index contributed by atoms with van der Waals surface area (Å²) in [4.78, 5) is 30.1. The van der Waals surface area contributed by atoms with E-state index in [1.54, 1.807) is 25.1 Å². The highest BCUT2D eigenvalue weighted by molar-refractivity contribution is 5.92. The molecule has 3 N–H and O–H groups in total. The van der Waals surface area contributed by atoms with Gasteiger partial charge in [0.1, 0.15) is 18.8 Å². The van der Waals surface area contributed by atoms with Crippen LogP contribution in [0.3, 0.4) is 0 Å². The van der Waals surface area contributed by atoms with Crippen molar-refractivity contribution in [2.45, 2.75) is 25.1 Å². The summed E-state index contributed by atoms with van der Waals surface area (Å²) in [5, 5.41) is 13.1. The van der Waals surface area contributed by atoms with Gasteiger partial charge in [-0.15, -0.1) is 0 Å². The van der Waals surface area contributed by atoms with E-state index in [1.165, 1.54) is 10.9 Å². The quantitative estimate of drug-likeness (QED) is 0.435. The van der Waals surface area contributed by atoms with E-state index < -0.39 is 18.2 Å². The van der Waals surface area contributed by atoms with Crippen LogP contribution in [0.4, 0.5) is 26.6 Å². The summed E-state index contributed by atoms with van der Waals surface area (Å²) < 4.78 is 16.5. The van der Waals surface area contributed by atoms with Gasteiger partial charge in [0.05, 0.1) is 6.04 Å². The van der Waals surface area contributed by atoms with Gasteiger partial charge in [0, 0.05) is 25.3 Å². The fourth-order valence-corrected chi connectivity index (χ4v) is 3.47. The maximum atomic E-state index is 13.6. The summed E-state index contributed by atoms with van der Waals surface area (Å²) >= 11 is 0. The van der Waals surface area contributed by atoms with Crippen molar-refractivity contribution in [3.63, 3.8) is 0 Å². The largest absolute Gasteiger partial charge is 0.371 e.